The van der Waals surface area contributed by atoms with E-state index in [-0.39, 0.29) is 12.4 Å². The summed E-state index contributed by atoms with van der Waals surface area (Å²) >= 11 is 0. The number of likely N-dealkylation sites (tertiary alicyclic amines) is 1. The molecule has 0 spiro atoms. The predicted molar refractivity (Wildman–Crippen MR) is 76.0 cm³/mol. The van der Waals surface area contributed by atoms with Gasteiger partial charge in [0.05, 0.1) is 6.61 Å². The third-order valence-corrected chi connectivity index (χ3v) is 3.12. The maximum Gasteiger partial charge on any atom is 0.0589 e. The van der Waals surface area contributed by atoms with E-state index in [1.54, 1.807) is 7.11 Å². The van der Waals surface area contributed by atoms with Gasteiger partial charge in [0.25, 0.3) is 0 Å². The Labute approximate surface area is 113 Å². The summed E-state index contributed by atoms with van der Waals surface area (Å²) in [5, 5.41) is 3.59. The highest BCUT2D eigenvalue weighted by Crippen LogP contribution is 2.16. The van der Waals surface area contributed by atoms with Crippen molar-refractivity contribution in [3.63, 3.8) is 0 Å². The Kier molecular flexibility index (Phi) is 8.39. The molecule has 1 heterocycles. The summed E-state index contributed by atoms with van der Waals surface area (Å²) in [4.78, 5) is 2.55. The number of methoxy groups -OCH3 is 1. The van der Waals surface area contributed by atoms with Crippen molar-refractivity contribution in [2.75, 3.05) is 39.9 Å². The Bertz CT molecular complexity index is 194. The molecule has 1 N–H and O–H groups in total. The standard InChI is InChI=1S/C13H28N2O.ClH/c1-13(2,3)11-14-10-12-6-5-7-15(12)8-9-16-4;/h12,14H,5-11H2,1-4H3;1H. The second-order valence-corrected chi connectivity index (χ2v) is 6.02. The highest BCUT2D eigenvalue weighted by Gasteiger charge is 2.23. The van der Waals surface area contributed by atoms with Gasteiger partial charge in [0.15, 0.2) is 0 Å². The Morgan fingerprint density at radius 3 is 2.65 bits per heavy atom. The van der Waals surface area contributed by atoms with Crippen LogP contribution in [0.4, 0.5) is 0 Å². The van der Waals surface area contributed by atoms with E-state index in [4.69, 9.17) is 4.74 Å². The maximum absolute atomic E-state index is 5.15. The molecule has 0 radical (unpaired) electrons. The first-order valence-electron chi connectivity index (χ1n) is 6.46. The fraction of sp³-hybridized carbons (Fsp3) is 1.00. The topological polar surface area (TPSA) is 24.5 Å². The maximum atomic E-state index is 5.15. The molecule has 1 fully saturated rings. The van der Waals surface area contributed by atoms with Crippen molar-refractivity contribution in [1.29, 1.82) is 0 Å². The molecule has 0 aliphatic carbocycles. The Hall–Kier alpha value is 0.170. The molecule has 0 aromatic heterocycles. The van der Waals surface area contributed by atoms with Crippen molar-refractivity contribution in [3.05, 3.63) is 0 Å². The van der Waals surface area contributed by atoms with Gasteiger partial charge in [-0.25, -0.2) is 0 Å². The molecule has 0 aromatic rings. The quantitative estimate of drug-likeness (QED) is 0.796. The first-order valence-corrected chi connectivity index (χ1v) is 6.46. The van der Waals surface area contributed by atoms with Gasteiger partial charge in [-0.3, -0.25) is 4.90 Å². The van der Waals surface area contributed by atoms with E-state index in [2.05, 4.69) is 31.0 Å². The molecule has 0 amide bonds. The molecule has 0 bridgehead atoms. The van der Waals surface area contributed by atoms with E-state index < -0.39 is 0 Å². The van der Waals surface area contributed by atoms with Gasteiger partial charge in [-0.05, 0) is 24.8 Å². The molecular formula is C13H29ClN2O. The van der Waals surface area contributed by atoms with Gasteiger partial charge in [-0.2, -0.15) is 0 Å². The minimum atomic E-state index is 0. The van der Waals surface area contributed by atoms with Crippen molar-refractivity contribution < 1.29 is 4.74 Å². The average Bonchev–Trinajstić information content (AvgIpc) is 2.60. The lowest BCUT2D eigenvalue weighted by atomic mass is 9.97. The van der Waals surface area contributed by atoms with Crippen LogP contribution < -0.4 is 5.32 Å². The predicted octanol–water partition coefficient (Wildman–Crippen LogP) is 2.15. The number of halogens is 1. The van der Waals surface area contributed by atoms with Gasteiger partial charge < -0.3 is 10.1 Å². The molecule has 3 nitrogen and oxygen atoms in total. The second-order valence-electron chi connectivity index (χ2n) is 6.02. The largest absolute Gasteiger partial charge is 0.383 e. The number of nitrogens with one attached hydrogen (secondary N) is 1. The molecule has 4 heteroatoms. The minimum Gasteiger partial charge on any atom is -0.383 e. The van der Waals surface area contributed by atoms with Crippen molar-refractivity contribution in [1.82, 2.24) is 10.2 Å². The van der Waals surface area contributed by atoms with E-state index >= 15 is 0 Å². The number of hydrogen-bond acceptors (Lipinski definition) is 3. The highest BCUT2D eigenvalue weighted by atomic mass is 35.5. The minimum absolute atomic E-state index is 0. The number of nitrogens with zero attached hydrogens (tertiary/aromatic N) is 1. The Balaban J connectivity index is 0.00000256. The molecule has 1 atom stereocenters. The van der Waals surface area contributed by atoms with Gasteiger partial charge in [0, 0.05) is 32.8 Å². The average molecular weight is 265 g/mol. The summed E-state index contributed by atoms with van der Waals surface area (Å²) in [7, 11) is 1.78. The van der Waals surface area contributed by atoms with Crippen LogP contribution in [0.3, 0.4) is 0 Å². The lowest BCUT2D eigenvalue weighted by Gasteiger charge is -2.26. The van der Waals surface area contributed by atoms with Gasteiger partial charge in [0.2, 0.25) is 0 Å². The molecule has 1 aliphatic heterocycles. The van der Waals surface area contributed by atoms with Crippen molar-refractivity contribution in [2.45, 2.75) is 39.7 Å². The number of hydrogen-bond donors (Lipinski definition) is 1. The molecule has 1 saturated heterocycles. The molecule has 0 saturated carbocycles. The zero-order valence-corrected chi connectivity index (χ0v) is 12.6. The van der Waals surface area contributed by atoms with Crippen molar-refractivity contribution in [3.8, 4) is 0 Å². The van der Waals surface area contributed by atoms with Gasteiger partial charge in [-0.15, -0.1) is 12.4 Å². The monoisotopic (exact) mass is 264 g/mol. The van der Waals surface area contributed by atoms with Crippen LogP contribution in [0.5, 0.6) is 0 Å². The van der Waals surface area contributed by atoms with Crippen LogP contribution in [0.2, 0.25) is 0 Å². The lowest BCUT2D eigenvalue weighted by Crippen LogP contribution is -2.41. The van der Waals surface area contributed by atoms with E-state index in [0.29, 0.717) is 5.41 Å². The fourth-order valence-electron chi connectivity index (χ4n) is 2.24. The summed E-state index contributed by atoms with van der Waals surface area (Å²) in [6.07, 6.45) is 2.67. The van der Waals surface area contributed by atoms with Crippen molar-refractivity contribution >= 4 is 12.4 Å². The van der Waals surface area contributed by atoms with Gasteiger partial charge in [-0.1, -0.05) is 20.8 Å². The Morgan fingerprint density at radius 2 is 2.06 bits per heavy atom. The smallest absolute Gasteiger partial charge is 0.0589 e. The normalized spacial score (nSPS) is 21.5. The highest BCUT2D eigenvalue weighted by molar-refractivity contribution is 5.85. The first-order chi connectivity index (χ1) is 7.53. The molecule has 104 valence electrons. The van der Waals surface area contributed by atoms with Gasteiger partial charge in [0.1, 0.15) is 0 Å². The van der Waals surface area contributed by atoms with Gasteiger partial charge >= 0.3 is 0 Å². The summed E-state index contributed by atoms with van der Waals surface area (Å²) in [5.74, 6) is 0. The first kappa shape index (κ1) is 17.2. The molecule has 0 aromatic carbocycles. The summed E-state index contributed by atoms with van der Waals surface area (Å²) in [6, 6.07) is 0.720. The van der Waals surface area contributed by atoms with E-state index in [0.717, 1.165) is 32.3 Å². The van der Waals surface area contributed by atoms with Crippen LogP contribution in [0.25, 0.3) is 0 Å². The third kappa shape index (κ3) is 7.24. The number of ether oxygens (including phenoxy) is 1. The molecule has 1 unspecified atom stereocenters. The van der Waals surface area contributed by atoms with E-state index in [1.165, 1.54) is 19.4 Å². The lowest BCUT2D eigenvalue weighted by molar-refractivity contribution is 0.139. The summed E-state index contributed by atoms with van der Waals surface area (Å²) < 4.78 is 5.15. The summed E-state index contributed by atoms with van der Waals surface area (Å²) in [6.45, 7) is 12.2. The third-order valence-electron chi connectivity index (χ3n) is 3.12. The van der Waals surface area contributed by atoms with Crippen molar-refractivity contribution in [2.24, 2.45) is 5.41 Å². The second kappa shape index (κ2) is 8.30. The van der Waals surface area contributed by atoms with E-state index in [9.17, 15) is 0 Å². The molecule has 17 heavy (non-hydrogen) atoms. The molecular weight excluding hydrogens is 236 g/mol. The SMILES string of the molecule is COCCN1CCCC1CNCC(C)(C)C.Cl. The zero-order valence-electron chi connectivity index (χ0n) is 11.8. The van der Waals surface area contributed by atoms with Crippen LogP contribution in [0.1, 0.15) is 33.6 Å². The fourth-order valence-corrected chi connectivity index (χ4v) is 2.24. The Morgan fingerprint density at radius 1 is 1.35 bits per heavy atom. The zero-order chi connectivity index (χ0) is 12.0. The van der Waals surface area contributed by atoms with Crippen LogP contribution in [0.15, 0.2) is 0 Å². The molecule has 1 rings (SSSR count). The van der Waals surface area contributed by atoms with E-state index in [1.807, 2.05) is 0 Å². The van der Waals surface area contributed by atoms with Crippen LogP contribution in [-0.4, -0.2) is 50.8 Å². The van der Waals surface area contributed by atoms with Crippen LogP contribution in [0, 0.1) is 5.41 Å². The molecule has 1 aliphatic rings. The summed E-state index contributed by atoms with van der Waals surface area (Å²) in [5.41, 5.74) is 0.385. The number of rotatable bonds is 6. The van der Waals surface area contributed by atoms with Crippen LogP contribution >= 0.6 is 12.4 Å². The van der Waals surface area contributed by atoms with Crippen LogP contribution in [-0.2, 0) is 4.74 Å².